The number of hydrogen-bond acceptors (Lipinski definition) is 6. The van der Waals surface area contributed by atoms with Crippen LogP contribution >= 0.6 is 0 Å². The molecule has 0 aliphatic carbocycles. The molecule has 3 aromatic carbocycles. The number of aryl methyl sites for hydroxylation is 1. The number of aldehydes is 1. The minimum atomic E-state index is -1.16. The van der Waals surface area contributed by atoms with Crippen LogP contribution in [0.2, 0.25) is 0 Å². The van der Waals surface area contributed by atoms with E-state index < -0.39 is 29.7 Å². The van der Waals surface area contributed by atoms with Crippen molar-refractivity contribution < 1.29 is 32.7 Å². The van der Waals surface area contributed by atoms with Gasteiger partial charge in [0.2, 0.25) is 0 Å². The quantitative estimate of drug-likeness (QED) is 0.127. The summed E-state index contributed by atoms with van der Waals surface area (Å²) in [4.78, 5) is 40.0. The fraction of sp³-hybridized carbons (Fsp3) is 0.324. The molecule has 3 N–H and O–H groups in total. The van der Waals surface area contributed by atoms with Gasteiger partial charge in [0.15, 0.2) is 6.29 Å². The highest BCUT2D eigenvalue weighted by Crippen LogP contribution is 2.25. The number of nitrogens with zero attached hydrogens (tertiary/aromatic N) is 1. The van der Waals surface area contributed by atoms with Crippen LogP contribution in [0.25, 0.3) is 11.3 Å². The molecule has 248 valence electrons. The Kier molecular flexibility index (Phi) is 12.5. The summed E-state index contributed by atoms with van der Waals surface area (Å²) in [6.45, 7) is 7.36. The van der Waals surface area contributed by atoms with E-state index >= 15 is 0 Å². The Morgan fingerprint density at radius 2 is 1.64 bits per heavy atom. The van der Waals surface area contributed by atoms with Crippen LogP contribution in [0.5, 0.6) is 0 Å². The Labute approximate surface area is 273 Å². The minimum absolute atomic E-state index is 0.0356. The van der Waals surface area contributed by atoms with Crippen LogP contribution < -0.4 is 10.6 Å². The number of amides is 2. The van der Waals surface area contributed by atoms with Gasteiger partial charge in [0, 0.05) is 48.9 Å². The highest BCUT2D eigenvalue weighted by molar-refractivity contribution is 6.00. The van der Waals surface area contributed by atoms with Gasteiger partial charge in [-0.05, 0) is 85.3 Å². The molecule has 1 aromatic heterocycles. The molecule has 4 aromatic rings. The van der Waals surface area contributed by atoms with Gasteiger partial charge in [-0.25, -0.2) is 8.78 Å². The lowest BCUT2D eigenvalue weighted by molar-refractivity contribution is 0.0755. The number of carbonyl (C=O) groups is 3. The Balaban J connectivity index is 1.51. The van der Waals surface area contributed by atoms with Gasteiger partial charge in [-0.2, -0.15) is 0 Å². The first-order chi connectivity index (χ1) is 22.6. The Morgan fingerprint density at radius 1 is 0.936 bits per heavy atom. The molecule has 0 fully saturated rings. The van der Waals surface area contributed by atoms with E-state index in [0.717, 1.165) is 54.0 Å². The third kappa shape index (κ3) is 9.67. The Morgan fingerprint density at radius 3 is 2.32 bits per heavy atom. The average molecular weight is 646 g/mol. The third-order valence-electron chi connectivity index (χ3n) is 7.71. The lowest BCUT2D eigenvalue weighted by Gasteiger charge is -2.25. The van der Waals surface area contributed by atoms with Crippen LogP contribution in [0.3, 0.4) is 0 Å². The summed E-state index contributed by atoms with van der Waals surface area (Å²) in [5.74, 6) is -1.77. The summed E-state index contributed by atoms with van der Waals surface area (Å²) in [6, 6.07) is 16.1. The fourth-order valence-corrected chi connectivity index (χ4v) is 5.57. The summed E-state index contributed by atoms with van der Waals surface area (Å²) in [5.41, 5.74) is 3.62. The second-order valence-electron chi connectivity index (χ2n) is 11.7. The Hall–Kier alpha value is -4.67. The maximum absolute atomic E-state index is 14.1. The number of aliphatic hydroxyl groups is 1. The Bertz CT molecular complexity index is 1660. The van der Waals surface area contributed by atoms with Crippen molar-refractivity contribution in [3.8, 4) is 11.3 Å². The van der Waals surface area contributed by atoms with Crippen molar-refractivity contribution in [1.29, 1.82) is 0 Å². The summed E-state index contributed by atoms with van der Waals surface area (Å²) >= 11 is 0. The van der Waals surface area contributed by atoms with Crippen molar-refractivity contribution >= 4 is 18.1 Å². The number of furan rings is 1. The topological polar surface area (TPSA) is 112 Å². The van der Waals surface area contributed by atoms with E-state index in [4.69, 9.17) is 4.42 Å². The van der Waals surface area contributed by atoms with Crippen LogP contribution in [-0.4, -0.2) is 59.9 Å². The normalized spacial score (nSPS) is 12.4. The van der Waals surface area contributed by atoms with Crippen molar-refractivity contribution in [3.05, 3.63) is 118 Å². The molecule has 47 heavy (non-hydrogen) atoms. The standard InChI is InChI=1S/C37H41F2N3O5/c1-4-10-42(11-5-2)37(46)30-14-24(3)13-29(19-30)36(45)41-33(18-26-16-31(38)20-32(39)17-26)34(44)22-40-21-25-7-6-8-27(15-25)35-28(23-43)9-12-47-35/h6-9,12-17,19-20,23,33-34,40,44H,4-5,10-11,18,21-22H2,1-3H3,(H,41,45)/t33-,34+/m0/s1. The van der Waals surface area contributed by atoms with Gasteiger partial charge < -0.3 is 25.1 Å². The van der Waals surface area contributed by atoms with Gasteiger partial charge in [-0.3, -0.25) is 14.4 Å². The van der Waals surface area contributed by atoms with Gasteiger partial charge >= 0.3 is 0 Å². The van der Waals surface area contributed by atoms with Gasteiger partial charge in [-0.1, -0.05) is 32.0 Å². The lowest BCUT2D eigenvalue weighted by Crippen LogP contribution is -2.48. The first kappa shape index (κ1) is 35.2. The lowest BCUT2D eigenvalue weighted by atomic mass is 9.99. The molecule has 0 unspecified atom stereocenters. The van der Waals surface area contributed by atoms with E-state index in [-0.39, 0.29) is 30.0 Å². The minimum Gasteiger partial charge on any atom is -0.464 e. The summed E-state index contributed by atoms with van der Waals surface area (Å²) in [6.07, 6.45) is 2.57. The molecule has 0 radical (unpaired) electrons. The zero-order valence-corrected chi connectivity index (χ0v) is 26.9. The van der Waals surface area contributed by atoms with E-state index in [1.165, 1.54) is 12.3 Å². The molecule has 0 saturated heterocycles. The van der Waals surface area contributed by atoms with E-state index in [1.807, 2.05) is 38.1 Å². The van der Waals surface area contributed by atoms with Crippen LogP contribution in [0, 0.1) is 18.6 Å². The largest absolute Gasteiger partial charge is 0.464 e. The third-order valence-corrected chi connectivity index (χ3v) is 7.71. The van der Waals surface area contributed by atoms with Crippen molar-refractivity contribution in [2.24, 2.45) is 0 Å². The fourth-order valence-electron chi connectivity index (χ4n) is 5.57. The smallest absolute Gasteiger partial charge is 0.253 e. The van der Waals surface area contributed by atoms with Gasteiger partial charge in [0.25, 0.3) is 11.8 Å². The molecule has 0 aliphatic rings. The molecule has 2 amide bonds. The second kappa shape index (κ2) is 16.8. The van der Waals surface area contributed by atoms with E-state index in [1.54, 1.807) is 30.0 Å². The van der Waals surface area contributed by atoms with Crippen molar-refractivity contribution in [1.82, 2.24) is 15.5 Å². The molecular weight excluding hydrogens is 604 g/mol. The SMILES string of the molecule is CCCN(CCC)C(=O)c1cc(C)cc(C(=O)N[C@@H](Cc2cc(F)cc(F)c2)[C@H](O)CNCc2cccc(-c3occc3C=O)c2)c1. The molecule has 0 aliphatic heterocycles. The molecule has 0 bridgehead atoms. The van der Waals surface area contributed by atoms with E-state index in [0.29, 0.717) is 36.5 Å². The zero-order valence-electron chi connectivity index (χ0n) is 26.9. The molecule has 1 heterocycles. The molecule has 0 saturated carbocycles. The average Bonchev–Trinajstić information content (AvgIpc) is 3.52. The number of carbonyl (C=O) groups excluding carboxylic acids is 3. The van der Waals surface area contributed by atoms with E-state index in [2.05, 4.69) is 10.6 Å². The van der Waals surface area contributed by atoms with E-state index in [9.17, 15) is 28.3 Å². The highest BCUT2D eigenvalue weighted by Gasteiger charge is 2.24. The maximum atomic E-state index is 14.1. The molecule has 2 atom stereocenters. The predicted molar refractivity (Wildman–Crippen MR) is 176 cm³/mol. The van der Waals surface area contributed by atoms with Gasteiger partial charge in [0.05, 0.1) is 24.0 Å². The molecule has 4 rings (SSSR count). The van der Waals surface area contributed by atoms with Crippen molar-refractivity contribution in [3.63, 3.8) is 0 Å². The predicted octanol–water partition coefficient (Wildman–Crippen LogP) is 6.10. The highest BCUT2D eigenvalue weighted by atomic mass is 19.1. The molecule has 0 spiro atoms. The van der Waals surface area contributed by atoms with Crippen molar-refractivity contribution in [2.75, 3.05) is 19.6 Å². The number of nitrogens with one attached hydrogen (secondary N) is 2. The number of benzene rings is 3. The summed E-state index contributed by atoms with van der Waals surface area (Å²) < 4.78 is 33.6. The second-order valence-corrected chi connectivity index (χ2v) is 11.7. The van der Waals surface area contributed by atoms with Crippen molar-refractivity contribution in [2.45, 2.75) is 58.7 Å². The zero-order chi connectivity index (χ0) is 33.9. The number of hydrogen-bond donors (Lipinski definition) is 3. The molecule has 8 nitrogen and oxygen atoms in total. The summed E-state index contributed by atoms with van der Waals surface area (Å²) in [5, 5.41) is 17.3. The van der Waals surface area contributed by atoms with Gasteiger partial charge in [0.1, 0.15) is 17.4 Å². The first-order valence-corrected chi connectivity index (χ1v) is 15.8. The van der Waals surface area contributed by atoms with Crippen LogP contribution in [0.15, 0.2) is 77.4 Å². The van der Waals surface area contributed by atoms with Crippen LogP contribution in [0.1, 0.15) is 74.5 Å². The number of halogens is 2. The van der Waals surface area contributed by atoms with Crippen LogP contribution in [-0.2, 0) is 13.0 Å². The maximum Gasteiger partial charge on any atom is 0.253 e. The van der Waals surface area contributed by atoms with Gasteiger partial charge in [-0.15, -0.1) is 0 Å². The van der Waals surface area contributed by atoms with Crippen LogP contribution in [0.4, 0.5) is 8.78 Å². The number of aliphatic hydroxyl groups excluding tert-OH is 1. The monoisotopic (exact) mass is 645 g/mol. The molecule has 10 heteroatoms. The molecular formula is C37H41F2N3O5. The number of rotatable bonds is 16. The first-order valence-electron chi connectivity index (χ1n) is 15.8. The summed E-state index contributed by atoms with van der Waals surface area (Å²) in [7, 11) is 0.